The van der Waals surface area contributed by atoms with Crippen molar-refractivity contribution in [2.45, 2.75) is 45.8 Å². The van der Waals surface area contributed by atoms with Gasteiger partial charge in [0, 0.05) is 12.1 Å². The number of hydrogen-bond acceptors (Lipinski definition) is 3. The predicted octanol–water partition coefficient (Wildman–Crippen LogP) is 2.88. The van der Waals surface area contributed by atoms with Gasteiger partial charge in [-0.25, -0.2) is 9.37 Å². The zero-order chi connectivity index (χ0) is 13.1. The van der Waals surface area contributed by atoms with Crippen molar-refractivity contribution in [3.63, 3.8) is 0 Å². The normalized spacial score (nSPS) is 28.1. The molecule has 0 amide bonds. The molecule has 1 heterocycles. The Morgan fingerprint density at radius 2 is 2.17 bits per heavy atom. The number of nitrogens with zero attached hydrogens (tertiary/aromatic N) is 1. The highest BCUT2D eigenvalue weighted by Gasteiger charge is 2.26. The molecule has 0 bridgehead atoms. The van der Waals surface area contributed by atoms with E-state index in [1.54, 1.807) is 0 Å². The third kappa shape index (κ3) is 2.99. The Kier molecular flexibility index (Phi) is 4.17. The van der Waals surface area contributed by atoms with Crippen LogP contribution >= 0.6 is 0 Å². The van der Waals surface area contributed by atoms with Crippen molar-refractivity contribution in [1.29, 1.82) is 0 Å². The van der Waals surface area contributed by atoms with E-state index in [0.717, 1.165) is 18.8 Å². The Morgan fingerprint density at radius 3 is 2.83 bits per heavy atom. The Bertz CT molecular complexity index is 411. The Hall–Kier alpha value is -1.16. The van der Waals surface area contributed by atoms with Gasteiger partial charge in [-0.1, -0.05) is 13.8 Å². The minimum absolute atomic E-state index is 0.180. The van der Waals surface area contributed by atoms with E-state index in [-0.39, 0.29) is 18.5 Å². The van der Waals surface area contributed by atoms with Crippen LogP contribution in [0.25, 0.3) is 0 Å². The second kappa shape index (κ2) is 5.65. The van der Waals surface area contributed by atoms with Gasteiger partial charge in [-0.2, -0.15) is 0 Å². The van der Waals surface area contributed by atoms with Crippen molar-refractivity contribution in [3.8, 4) is 5.88 Å². The molecule has 0 radical (unpaired) electrons. The molecule has 0 aromatic carbocycles. The van der Waals surface area contributed by atoms with Crippen molar-refractivity contribution < 1.29 is 9.13 Å². The molecule has 100 valence electrons. The highest BCUT2D eigenvalue weighted by atomic mass is 19.1. The second-order valence-corrected chi connectivity index (χ2v) is 5.33. The van der Waals surface area contributed by atoms with Crippen LogP contribution in [-0.4, -0.2) is 11.1 Å². The van der Waals surface area contributed by atoms with Crippen LogP contribution in [0.5, 0.6) is 5.88 Å². The van der Waals surface area contributed by atoms with E-state index in [0.29, 0.717) is 17.4 Å². The molecular formula is C14H21FN2O. The molecule has 2 N–H and O–H groups in total. The van der Waals surface area contributed by atoms with Crippen LogP contribution < -0.4 is 10.5 Å². The molecule has 0 saturated heterocycles. The molecule has 3 unspecified atom stereocenters. The van der Waals surface area contributed by atoms with Crippen molar-refractivity contribution in [2.24, 2.45) is 17.6 Å². The van der Waals surface area contributed by atoms with Crippen LogP contribution in [0, 0.1) is 17.7 Å². The average molecular weight is 252 g/mol. The van der Waals surface area contributed by atoms with Gasteiger partial charge in [-0.05, 0) is 37.2 Å². The lowest BCUT2D eigenvalue weighted by atomic mass is 9.80. The van der Waals surface area contributed by atoms with E-state index in [4.69, 9.17) is 10.5 Å². The number of rotatable bonds is 3. The molecule has 1 aliphatic rings. The maximum Gasteiger partial charge on any atom is 0.218 e. The number of halogens is 1. The monoisotopic (exact) mass is 252 g/mol. The zero-order valence-corrected chi connectivity index (χ0v) is 11.0. The van der Waals surface area contributed by atoms with Crippen LogP contribution in [-0.2, 0) is 6.54 Å². The van der Waals surface area contributed by atoms with Gasteiger partial charge >= 0.3 is 0 Å². The van der Waals surface area contributed by atoms with Crippen molar-refractivity contribution >= 4 is 0 Å². The molecule has 4 heteroatoms. The molecule has 1 aromatic rings. The average Bonchev–Trinajstić information content (AvgIpc) is 2.36. The highest BCUT2D eigenvalue weighted by Crippen LogP contribution is 2.32. The van der Waals surface area contributed by atoms with Gasteiger partial charge in [-0.15, -0.1) is 0 Å². The van der Waals surface area contributed by atoms with Crippen LogP contribution in [0.15, 0.2) is 12.3 Å². The van der Waals surface area contributed by atoms with Gasteiger partial charge < -0.3 is 10.5 Å². The van der Waals surface area contributed by atoms with Crippen LogP contribution in [0.3, 0.4) is 0 Å². The minimum atomic E-state index is -0.367. The lowest BCUT2D eigenvalue weighted by molar-refractivity contribution is 0.0953. The Balaban J connectivity index is 2.05. The molecule has 3 nitrogen and oxygen atoms in total. The first-order valence-corrected chi connectivity index (χ1v) is 6.61. The van der Waals surface area contributed by atoms with Gasteiger partial charge in [0.15, 0.2) is 0 Å². The molecule has 1 saturated carbocycles. The summed E-state index contributed by atoms with van der Waals surface area (Å²) in [5.74, 6) is 1.53. The Labute approximate surface area is 108 Å². The van der Waals surface area contributed by atoms with Crippen molar-refractivity contribution in [3.05, 3.63) is 23.6 Å². The summed E-state index contributed by atoms with van der Waals surface area (Å²) in [5, 5.41) is 0. The molecule has 1 aromatic heterocycles. The van der Waals surface area contributed by atoms with Crippen molar-refractivity contribution in [1.82, 2.24) is 4.98 Å². The third-order valence-electron chi connectivity index (χ3n) is 3.94. The number of ether oxygens (including phenoxy) is 1. The van der Waals surface area contributed by atoms with Crippen LogP contribution in [0.1, 0.15) is 38.7 Å². The SMILES string of the molecule is CC1CCC(Oc2ncc(F)cc2CN)CC1C. The molecule has 0 aliphatic heterocycles. The molecule has 18 heavy (non-hydrogen) atoms. The summed E-state index contributed by atoms with van der Waals surface area (Å²) in [7, 11) is 0. The van der Waals surface area contributed by atoms with Crippen molar-refractivity contribution in [2.75, 3.05) is 0 Å². The largest absolute Gasteiger partial charge is 0.474 e. The first-order valence-electron chi connectivity index (χ1n) is 6.61. The maximum atomic E-state index is 13.1. The first kappa shape index (κ1) is 13.3. The number of aromatic nitrogens is 1. The quantitative estimate of drug-likeness (QED) is 0.899. The van der Waals surface area contributed by atoms with Crippen LogP contribution in [0.2, 0.25) is 0 Å². The van der Waals surface area contributed by atoms with E-state index < -0.39 is 0 Å². The summed E-state index contributed by atoms with van der Waals surface area (Å²) >= 11 is 0. The molecule has 3 atom stereocenters. The molecule has 1 fully saturated rings. The highest BCUT2D eigenvalue weighted by molar-refractivity contribution is 5.26. The smallest absolute Gasteiger partial charge is 0.218 e. The summed E-state index contributed by atoms with van der Waals surface area (Å²) in [5.41, 5.74) is 6.23. The van der Waals surface area contributed by atoms with E-state index in [1.165, 1.54) is 18.7 Å². The summed E-state index contributed by atoms with van der Waals surface area (Å²) < 4.78 is 18.9. The van der Waals surface area contributed by atoms with Crippen LogP contribution in [0.4, 0.5) is 4.39 Å². The number of nitrogens with two attached hydrogens (primary N) is 1. The molecule has 2 rings (SSSR count). The zero-order valence-electron chi connectivity index (χ0n) is 11.0. The fourth-order valence-corrected chi connectivity index (χ4v) is 2.48. The topological polar surface area (TPSA) is 48.1 Å². The lowest BCUT2D eigenvalue weighted by Crippen LogP contribution is -2.29. The van der Waals surface area contributed by atoms with E-state index >= 15 is 0 Å². The van der Waals surface area contributed by atoms with E-state index in [9.17, 15) is 4.39 Å². The predicted molar refractivity (Wildman–Crippen MR) is 68.7 cm³/mol. The number of pyridine rings is 1. The molecular weight excluding hydrogens is 231 g/mol. The van der Waals surface area contributed by atoms with Gasteiger partial charge in [0.25, 0.3) is 0 Å². The summed E-state index contributed by atoms with van der Waals surface area (Å²) in [6.45, 7) is 4.78. The summed E-state index contributed by atoms with van der Waals surface area (Å²) in [6.07, 6.45) is 4.60. The fourth-order valence-electron chi connectivity index (χ4n) is 2.48. The van der Waals surface area contributed by atoms with Gasteiger partial charge in [0.05, 0.1) is 6.20 Å². The number of hydrogen-bond donors (Lipinski definition) is 1. The molecule has 0 spiro atoms. The standard InChI is InChI=1S/C14H21FN2O/c1-9-3-4-13(5-10(9)2)18-14-11(7-16)6-12(15)8-17-14/h6,8-10,13H,3-5,7,16H2,1-2H3. The lowest BCUT2D eigenvalue weighted by Gasteiger charge is -2.32. The minimum Gasteiger partial charge on any atom is -0.474 e. The maximum absolute atomic E-state index is 13.1. The second-order valence-electron chi connectivity index (χ2n) is 5.33. The molecule has 1 aliphatic carbocycles. The van der Waals surface area contributed by atoms with Gasteiger partial charge in [-0.3, -0.25) is 0 Å². The fraction of sp³-hybridized carbons (Fsp3) is 0.643. The first-order chi connectivity index (χ1) is 8.60. The third-order valence-corrected chi connectivity index (χ3v) is 3.94. The summed E-state index contributed by atoms with van der Waals surface area (Å²) in [6, 6.07) is 1.40. The van der Waals surface area contributed by atoms with Gasteiger partial charge in [0.1, 0.15) is 11.9 Å². The van der Waals surface area contributed by atoms with E-state index in [2.05, 4.69) is 18.8 Å². The summed E-state index contributed by atoms with van der Waals surface area (Å²) in [4.78, 5) is 4.01. The van der Waals surface area contributed by atoms with Gasteiger partial charge in [0.2, 0.25) is 5.88 Å². The Morgan fingerprint density at radius 1 is 1.39 bits per heavy atom. The van der Waals surface area contributed by atoms with E-state index in [1.807, 2.05) is 0 Å².